The third-order valence-electron chi connectivity index (χ3n) is 2.73. The van der Waals surface area contributed by atoms with E-state index in [4.69, 9.17) is 0 Å². The molecular weight excluding hydrogens is 214 g/mol. The molecule has 4 heteroatoms. The van der Waals surface area contributed by atoms with Gasteiger partial charge in [-0.25, -0.2) is 4.98 Å². The molecule has 0 fully saturated rings. The van der Waals surface area contributed by atoms with Crippen molar-refractivity contribution < 1.29 is 4.79 Å². The zero-order chi connectivity index (χ0) is 12.1. The number of aromatic nitrogens is 3. The normalized spacial score (nSPS) is 10.6. The van der Waals surface area contributed by atoms with Crippen molar-refractivity contribution >= 4 is 5.78 Å². The van der Waals surface area contributed by atoms with E-state index < -0.39 is 0 Å². The second-order valence-corrected chi connectivity index (χ2v) is 4.11. The number of carbonyl (C=O) groups excluding carboxylic acids is 1. The van der Waals surface area contributed by atoms with Gasteiger partial charge in [-0.3, -0.25) is 4.79 Å². The lowest BCUT2D eigenvalue weighted by Crippen LogP contribution is -2.04. The highest BCUT2D eigenvalue weighted by Crippen LogP contribution is 2.06. The molecule has 0 saturated heterocycles. The quantitative estimate of drug-likeness (QED) is 0.716. The third-order valence-corrected chi connectivity index (χ3v) is 2.73. The average molecular weight is 231 g/mol. The number of imidazole rings is 1. The van der Waals surface area contributed by atoms with Crippen molar-refractivity contribution in [1.82, 2.24) is 14.1 Å². The molecule has 17 heavy (non-hydrogen) atoms. The predicted octanol–water partition coefficient (Wildman–Crippen LogP) is 2.37. The first-order valence-corrected chi connectivity index (χ1v) is 5.94. The molecule has 0 aliphatic heterocycles. The summed E-state index contributed by atoms with van der Waals surface area (Å²) in [5, 5.41) is 0. The highest BCUT2D eigenvalue weighted by Gasteiger charge is 2.05. The molecule has 0 atom stereocenters. The molecular formula is C13H17N3O. The molecule has 0 amide bonds. The highest BCUT2D eigenvalue weighted by molar-refractivity contribution is 5.95. The van der Waals surface area contributed by atoms with E-state index in [1.54, 1.807) is 12.5 Å². The van der Waals surface area contributed by atoms with Crippen LogP contribution in [0.4, 0.5) is 0 Å². The van der Waals surface area contributed by atoms with Crippen molar-refractivity contribution in [2.75, 3.05) is 0 Å². The molecule has 0 bridgehead atoms. The SMILES string of the molecule is CCCC(=O)c1ccn(CCn2ccnc2)c1. The molecule has 2 rings (SSSR count). The summed E-state index contributed by atoms with van der Waals surface area (Å²) in [6, 6.07) is 1.89. The van der Waals surface area contributed by atoms with Crippen molar-refractivity contribution in [3.05, 3.63) is 42.7 Å². The summed E-state index contributed by atoms with van der Waals surface area (Å²) < 4.78 is 4.07. The largest absolute Gasteiger partial charge is 0.352 e. The summed E-state index contributed by atoms with van der Waals surface area (Å²) in [6.45, 7) is 3.75. The van der Waals surface area contributed by atoms with Gasteiger partial charge in [0, 0.05) is 49.9 Å². The van der Waals surface area contributed by atoms with Crippen molar-refractivity contribution in [2.45, 2.75) is 32.9 Å². The Labute approximate surface area is 101 Å². The molecule has 2 aromatic heterocycles. The van der Waals surface area contributed by atoms with Gasteiger partial charge in [0.15, 0.2) is 5.78 Å². The lowest BCUT2D eigenvalue weighted by Gasteiger charge is -2.03. The highest BCUT2D eigenvalue weighted by atomic mass is 16.1. The molecule has 0 aliphatic rings. The van der Waals surface area contributed by atoms with E-state index in [1.807, 2.05) is 40.7 Å². The summed E-state index contributed by atoms with van der Waals surface area (Å²) >= 11 is 0. The molecule has 4 nitrogen and oxygen atoms in total. The van der Waals surface area contributed by atoms with Gasteiger partial charge in [-0.1, -0.05) is 6.92 Å². The summed E-state index contributed by atoms with van der Waals surface area (Å²) in [5.74, 6) is 0.230. The summed E-state index contributed by atoms with van der Waals surface area (Å²) in [4.78, 5) is 15.7. The van der Waals surface area contributed by atoms with Crippen LogP contribution < -0.4 is 0 Å². The minimum absolute atomic E-state index is 0.230. The standard InChI is InChI=1S/C13H17N3O/c1-2-3-13(17)12-4-6-15(10-12)8-9-16-7-5-14-11-16/h4-7,10-11H,2-3,8-9H2,1H3. The zero-order valence-electron chi connectivity index (χ0n) is 10.0. The Balaban J connectivity index is 1.92. The van der Waals surface area contributed by atoms with E-state index in [9.17, 15) is 4.79 Å². The Bertz CT molecular complexity index is 471. The van der Waals surface area contributed by atoms with Crippen molar-refractivity contribution in [2.24, 2.45) is 0 Å². The second-order valence-electron chi connectivity index (χ2n) is 4.11. The smallest absolute Gasteiger partial charge is 0.164 e. The molecule has 0 saturated carbocycles. The van der Waals surface area contributed by atoms with Crippen molar-refractivity contribution in [1.29, 1.82) is 0 Å². The molecule has 0 radical (unpaired) electrons. The summed E-state index contributed by atoms with van der Waals surface area (Å²) in [6.07, 6.45) is 10.9. The van der Waals surface area contributed by atoms with E-state index in [0.717, 1.165) is 25.1 Å². The maximum Gasteiger partial charge on any atom is 0.164 e. The number of hydrogen-bond acceptors (Lipinski definition) is 2. The number of nitrogens with zero attached hydrogens (tertiary/aromatic N) is 3. The Morgan fingerprint density at radius 3 is 2.82 bits per heavy atom. The fourth-order valence-electron chi connectivity index (χ4n) is 1.77. The Kier molecular flexibility index (Phi) is 3.75. The predicted molar refractivity (Wildman–Crippen MR) is 65.9 cm³/mol. The minimum atomic E-state index is 0.230. The number of hydrogen-bond donors (Lipinski definition) is 0. The molecule has 0 aromatic carbocycles. The zero-order valence-corrected chi connectivity index (χ0v) is 10.0. The number of aryl methyl sites for hydroxylation is 2. The van der Waals surface area contributed by atoms with Gasteiger partial charge in [-0.15, -0.1) is 0 Å². The number of rotatable bonds is 6. The monoisotopic (exact) mass is 231 g/mol. The second kappa shape index (κ2) is 5.48. The number of carbonyl (C=O) groups is 1. The van der Waals surface area contributed by atoms with Crippen LogP contribution in [-0.4, -0.2) is 19.9 Å². The summed E-state index contributed by atoms with van der Waals surface area (Å²) in [5.41, 5.74) is 0.817. The van der Waals surface area contributed by atoms with Gasteiger partial charge in [0.25, 0.3) is 0 Å². The van der Waals surface area contributed by atoms with E-state index in [2.05, 4.69) is 4.98 Å². The van der Waals surface area contributed by atoms with Crippen LogP contribution in [-0.2, 0) is 13.1 Å². The maximum atomic E-state index is 11.7. The lowest BCUT2D eigenvalue weighted by atomic mass is 10.1. The first-order chi connectivity index (χ1) is 8.29. The van der Waals surface area contributed by atoms with E-state index in [0.29, 0.717) is 6.42 Å². The van der Waals surface area contributed by atoms with Crippen LogP contribution in [0.5, 0.6) is 0 Å². The van der Waals surface area contributed by atoms with Crippen molar-refractivity contribution in [3.63, 3.8) is 0 Å². The van der Waals surface area contributed by atoms with E-state index >= 15 is 0 Å². The van der Waals surface area contributed by atoms with Gasteiger partial charge in [0.1, 0.15) is 0 Å². The Hall–Kier alpha value is -1.84. The van der Waals surface area contributed by atoms with Crippen LogP contribution >= 0.6 is 0 Å². The fraction of sp³-hybridized carbons (Fsp3) is 0.385. The topological polar surface area (TPSA) is 39.8 Å². The number of Topliss-reactive ketones (excluding diaryl/α,β-unsaturated/α-hetero) is 1. The minimum Gasteiger partial charge on any atom is -0.352 e. The molecule has 0 N–H and O–H groups in total. The maximum absolute atomic E-state index is 11.7. The first-order valence-electron chi connectivity index (χ1n) is 5.94. The van der Waals surface area contributed by atoms with Gasteiger partial charge in [0.05, 0.1) is 6.33 Å². The Morgan fingerprint density at radius 2 is 2.12 bits per heavy atom. The molecule has 0 unspecified atom stereocenters. The average Bonchev–Trinajstić information content (AvgIpc) is 2.98. The molecule has 2 heterocycles. The van der Waals surface area contributed by atoms with Gasteiger partial charge in [0.2, 0.25) is 0 Å². The molecule has 2 aromatic rings. The van der Waals surface area contributed by atoms with Crippen LogP contribution in [0.1, 0.15) is 30.1 Å². The molecule has 0 spiro atoms. The summed E-state index contributed by atoms with van der Waals surface area (Å²) in [7, 11) is 0. The van der Waals surface area contributed by atoms with E-state index in [-0.39, 0.29) is 5.78 Å². The fourth-order valence-corrected chi connectivity index (χ4v) is 1.77. The first kappa shape index (κ1) is 11.6. The van der Waals surface area contributed by atoms with E-state index in [1.165, 1.54) is 0 Å². The molecule has 0 aliphatic carbocycles. The Morgan fingerprint density at radius 1 is 1.29 bits per heavy atom. The van der Waals surface area contributed by atoms with Crippen molar-refractivity contribution in [3.8, 4) is 0 Å². The van der Waals surface area contributed by atoms with Crippen LogP contribution in [0.15, 0.2) is 37.2 Å². The van der Waals surface area contributed by atoms with Crippen LogP contribution in [0.2, 0.25) is 0 Å². The van der Waals surface area contributed by atoms with Crippen LogP contribution in [0, 0.1) is 0 Å². The van der Waals surface area contributed by atoms with Gasteiger partial charge in [-0.05, 0) is 12.5 Å². The lowest BCUT2D eigenvalue weighted by molar-refractivity contribution is 0.0981. The van der Waals surface area contributed by atoms with Gasteiger partial charge >= 0.3 is 0 Å². The molecule has 90 valence electrons. The number of ketones is 1. The van der Waals surface area contributed by atoms with Crippen LogP contribution in [0.3, 0.4) is 0 Å². The third kappa shape index (κ3) is 3.06. The van der Waals surface area contributed by atoms with Gasteiger partial charge in [-0.2, -0.15) is 0 Å². The van der Waals surface area contributed by atoms with Gasteiger partial charge < -0.3 is 9.13 Å². The van der Waals surface area contributed by atoms with Crippen LogP contribution in [0.25, 0.3) is 0 Å².